The number of aromatic nitrogens is 1. The van der Waals surface area contributed by atoms with Crippen LogP contribution in [-0.2, 0) is 19.1 Å². The summed E-state index contributed by atoms with van der Waals surface area (Å²) in [6, 6.07) is 3.26. The number of benzene rings is 1. The van der Waals surface area contributed by atoms with Crippen molar-refractivity contribution in [2.24, 2.45) is 10.4 Å². The average Bonchev–Trinajstić information content (AvgIpc) is 3.38. The van der Waals surface area contributed by atoms with E-state index >= 15 is 0 Å². The van der Waals surface area contributed by atoms with Crippen molar-refractivity contribution < 1.29 is 28.6 Å². The number of nitrogens with zero attached hydrogens (tertiary/aromatic N) is 3. The minimum absolute atomic E-state index is 0.0360. The van der Waals surface area contributed by atoms with Gasteiger partial charge in [0.15, 0.2) is 10.8 Å². The van der Waals surface area contributed by atoms with Crippen LogP contribution in [-0.4, -0.2) is 71.7 Å². The Hall–Kier alpha value is -2.67. The second-order valence-corrected chi connectivity index (χ2v) is 11.5. The van der Waals surface area contributed by atoms with E-state index in [1.807, 2.05) is 19.2 Å². The number of esters is 1. The van der Waals surface area contributed by atoms with E-state index in [-0.39, 0.29) is 19.1 Å². The van der Waals surface area contributed by atoms with Gasteiger partial charge >= 0.3 is 11.9 Å². The van der Waals surface area contributed by atoms with Crippen LogP contribution in [0, 0.1) is 11.2 Å². The summed E-state index contributed by atoms with van der Waals surface area (Å²) < 4.78 is 25.6. The first-order valence-corrected chi connectivity index (χ1v) is 13.9. The van der Waals surface area contributed by atoms with E-state index in [1.54, 1.807) is 19.2 Å². The molecule has 0 spiro atoms. The Balaban J connectivity index is 1.81. The number of amidine groups is 1. The third-order valence-corrected chi connectivity index (χ3v) is 8.09. The quantitative estimate of drug-likeness (QED) is 0.408. The largest absolute Gasteiger partial charge is 0.481 e. The standard InChI is InChI=1S/C26H30BrFN4O5S/c1-4-37-25(35)21-18(13-32-8-9-36-14-19(32)26(2,3)12-20(33)34)30-23(24-29-7-10-38-24)31-22(21)16-6-5-15(28)11-17(16)27/h5-7,10-11,19,22H,4,8-9,12-14H2,1-3H3,(H,30,31)(H,33,34). The molecule has 2 aliphatic heterocycles. The molecule has 3 heterocycles. The number of aliphatic imine (C=N–C) groups is 1. The highest BCUT2D eigenvalue weighted by Gasteiger charge is 2.40. The number of ether oxygens (including phenoxy) is 2. The minimum atomic E-state index is -0.887. The van der Waals surface area contributed by atoms with Gasteiger partial charge in [0, 0.05) is 40.9 Å². The van der Waals surface area contributed by atoms with Crippen LogP contribution in [0.5, 0.6) is 0 Å². The molecule has 0 bridgehead atoms. The first-order chi connectivity index (χ1) is 18.1. The Bertz CT molecular complexity index is 1250. The molecule has 1 aromatic carbocycles. The maximum Gasteiger partial charge on any atom is 0.338 e. The number of hydrogen-bond donors (Lipinski definition) is 2. The van der Waals surface area contributed by atoms with Gasteiger partial charge in [-0.15, -0.1) is 11.3 Å². The molecule has 1 saturated heterocycles. The normalized spacial score (nSPS) is 20.6. The zero-order valence-corrected chi connectivity index (χ0v) is 23.8. The number of carboxylic acids is 1. The molecule has 2 aromatic rings. The van der Waals surface area contributed by atoms with Crippen molar-refractivity contribution in [3.05, 3.63) is 61.9 Å². The Morgan fingerprint density at radius 2 is 2.18 bits per heavy atom. The second-order valence-electron chi connectivity index (χ2n) is 9.74. The lowest BCUT2D eigenvalue weighted by Gasteiger charge is -2.45. The van der Waals surface area contributed by atoms with Gasteiger partial charge in [-0.1, -0.05) is 35.8 Å². The number of nitrogens with one attached hydrogen (secondary N) is 1. The fourth-order valence-electron chi connectivity index (χ4n) is 4.82. The fourth-order valence-corrected chi connectivity index (χ4v) is 5.98. The highest BCUT2D eigenvalue weighted by atomic mass is 79.9. The van der Waals surface area contributed by atoms with Crippen LogP contribution in [0.4, 0.5) is 4.39 Å². The smallest absolute Gasteiger partial charge is 0.338 e. The summed E-state index contributed by atoms with van der Waals surface area (Å²) in [4.78, 5) is 36.4. The van der Waals surface area contributed by atoms with Gasteiger partial charge in [-0.05, 0) is 30.0 Å². The highest BCUT2D eigenvalue weighted by molar-refractivity contribution is 9.10. The molecule has 0 aliphatic carbocycles. The van der Waals surface area contributed by atoms with Crippen LogP contribution in [0.1, 0.15) is 43.8 Å². The van der Waals surface area contributed by atoms with E-state index in [9.17, 15) is 19.1 Å². The molecule has 12 heteroatoms. The summed E-state index contributed by atoms with van der Waals surface area (Å²) in [6.07, 6.45) is 1.63. The van der Waals surface area contributed by atoms with Gasteiger partial charge < -0.3 is 19.9 Å². The van der Waals surface area contributed by atoms with Crippen LogP contribution >= 0.6 is 27.3 Å². The molecule has 2 atom stereocenters. The lowest BCUT2D eigenvalue weighted by molar-refractivity contribution is -0.142. The summed E-state index contributed by atoms with van der Waals surface area (Å²) in [5, 5.41) is 15.3. The van der Waals surface area contributed by atoms with E-state index in [4.69, 9.17) is 14.5 Å². The molecular formula is C26H30BrFN4O5S. The lowest BCUT2D eigenvalue weighted by atomic mass is 9.80. The summed E-state index contributed by atoms with van der Waals surface area (Å²) in [5.41, 5.74) is 0.882. The van der Waals surface area contributed by atoms with Crippen LogP contribution in [0.2, 0.25) is 0 Å². The van der Waals surface area contributed by atoms with Crippen molar-refractivity contribution in [1.29, 1.82) is 0 Å². The second kappa shape index (κ2) is 12.0. The number of halogens is 2. The number of aliphatic carboxylic acids is 1. The average molecular weight is 610 g/mol. The Morgan fingerprint density at radius 3 is 2.84 bits per heavy atom. The number of thiazole rings is 1. The van der Waals surface area contributed by atoms with Crippen LogP contribution in [0.25, 0.3) is 0 Å². The van der Waals surface area contributed by atoms with Crippen molar-refractivity contribution in [1.82, 2.24) is 15.2 Å². The zero-order chi connectivity index (χ0) is 27.4. The molecule has 9 nitrogen and oxygen atoms in total. The number of hydrogen-bond acceptors (Lipinski definition) is 9. The van der Waals surface area contributed by atoms with Crippen molar-refractivity contribution in [3.63, 3.8) is 0 Å². The lowest BCUT2D eigenvalue weighted by Crippen LogP contribution is -2.55. The first-order valence-electron chi connectivity index (χ1n) is 12.2. The van der Waals surface area contributed by atoms with E-state index in [2.05, 4.69) is 31.1 Å². The van der Waals surface area contributed by atoms with Gasteiger partial charge in [0.05, 0.1) is 31.8 Å². The van der Waals surface area contributed by atoms with E-state index in [0.29, 0.717) is 58.5 Å². The van der Waals surface area contributed by atoms with Crippen molar-refractivity contribution in [2.45, 2.75) is 39.3 Å². The summed E-state index contributed by atoms with van der Waals surface area (Å²) in [6.45, 7) is 7.39. The Kier molecular flexibility index (Phi) is 8.96. The van der Waals surface area contributed by atoms with Gasteiger partial charge in [0.25, 0.3) is 0 Å². The number of morpholine rings is 1. The molecule has 2 aliphatic rings. The predicted octanol–water partition coefficient (Wildman–Crippen LogP) is 4.15. The van der Waals surface area contributed by atoms with Gasteiger partial charge in [-0.3, -0.25) is 14.7 Å². The summed E-state index contributed by atoms with van der Waals surface area (Å²) in [5.74, 6) is -1.36. The van der Waals surface area contributed by atoms with E-state index in [1.165, 1.54) is 23.5 Å². The van der Waals surface area contributed by atoms with Crippen LogP contribution in [0.3, 0.4) is 0 Å². The SMILES string of the molecule is CCOC(=O)C1=C(CN2CCOCC2C(C)(C)CC(=O)O)NC(c2nccs2)=NC1c1ccc(F)cc1Br. The number of rotatable bonds is 9. The van der Waals surface area contributed by atoms with Crippen molar-refractivity contribution >= 4 is 45.0 Å². The summed E-state index contributed by atoms with van der Waals surface area (Å²) >= 11 is 4.84. The number of carbonyl (C=O) groups excluding carboxylic acids is 1. The number of carboxylic acid groups (broad SMARTS) is 1. The zero-order valence-electron chi connectivity index (χ0n) is 21.4. The molecule has 0 saturated carbocycles. The van der Waals surface area contributed by atoms with Crippen molar-refractivity contribution in [3.8, 4) is 0 Å². The van der Waals surface area contributed by atoms with Gasteiger partial charge in [-0.2, -0.15) is 0 Å². The molecule has 38 heavy (non-hydrogen) atoms. The molecule has 2 unspecified atom stereocenters. The minimum Gasteiger partial charge on any atom is -0.481 e. The number of carbonyl (C=O) groups is 2. The van der Waals surface area contributed by atoms with Crippen LogP contribution < -0.4 is 5.32 Å². The monoisotopic (exact) mass is 608 g/mol. The van der Waals surface area contributed by atoms with Gasteiger partial charge in [0.2, 0.25) is 0 Å². The predicted molar refractivity (Wildman–Crippen MR) is 145 cm³/mol. The maximum atomic E-state index is 14.0. The molecule has 2 N–H and O–H groups in total. The molecule has 4 rings (SSSR count). The van der Waals surface area contributed by atoms with Crippen LogP contribution in [0.15, 0.2) is 50.5 Å². The topological polar surface area (TPSA) is 113 Å². The molecule has 0 radical (unpaired) electrons. The van der Waals surface area contributed by atoms with E-state index in [0.717, 1.165) is 0 Å². The third-order valence-electron chi connectivity index (χ3n) is 6.62. The Morgan fingerprint density at radius 1 is 1.39 bits per heavy atom. The third kappa shape index (κ3) is 6.31. The van der Waals surface area contributed by atoms with E-state index < -0.39 is 29.2 Å². The first kappa shape index (κ1) is 28.3. The summed E-state index contributed by atoms with van der Waals surface area (Å²) in [7, 11) is 0. The maximum absolute atomic E-state index is 14.0. The molecule has 1 aromatic heterocycles. The molecule has 204 valence electrons. The van der Waals surface area contributed by atoms with Gasteiger partial charge in [-0.25, -0.2) is 14.2 Å². The highest BCUT2D eigenvalue weighted by Crippen LogP contribution is 2.38. The molecular weight excluding hydrogens is 579 g/mol. The fraction of sp³-hybridized carbons (Fsp3) is 0.462. The van der Waals surface area contributed by atoms with Crippen molar-refractivity contribution in [2.75, 3.05) is 32.9 Å². The molecule has 0 amide bonds. The Labute approximate surface area is 232 Å². The molecule has 1 fully saturated rings. The van der Waals surface area contributed by atoms with Gasteiger partial charge in [0.1, 0.15) is 11.9 Å².